The molecule has 0 rings (SSSR count). The van der Waals surface area contributed by atoms with E-state index < -0.39 is 0 Å². The summed E-state index contributed by atoms with van der Waals surface area (Å²) in [6.45, 7) is 4.10. The molecule has 0 aromatic carbocycles. The van der Waals surface area contributed by atoms with Crippen molar-refractivity contribution in [3.8, 4) is 0 Å². The molecule has 46 valence electrons. The molecule has 0 radical (unpaired) electrons. The van der Waals surface area contributed by atoms with Crippen LogP contribution in [0, 0.1) is 0 Å². The summed E-state index contributed by atoms with van der Waals surface area (Å²) in [4.78, 5) is 3.96. The van der Waals surface area contributed by atoms with Gasteiger partial charge in [-0.25, -0.2) is 0 Å². The van der Waals surface area contributed by atoms with Gasteiger partial charge in [0.1, 0.15) is 0 Å². The first-order valence-electron chi connectivity index (χ1n) is 2.91. The Morgan fingerprint density at radius 1 is 1.62 bits per heavy atom. The van der Waals surface area contributed by atoms with Crippen molar-refractivity contribution in [3.05, 3.63) is 12.2 Å². The Labute approximate surface area is 51.1 Å². The molecule has 0 atom stereocenters. The van der Waals surface area contributed by atoms with Crippen molar-refractivity contribution in [1.29, 1.82) is 0 Å². The van der Waals surface area contributed by atoms with Gasteiger partial charge in [0.2, 0.25) is 0 Å². The van der Waals surface area contributed by atoms with Crippen LogP contribution in [0.5, 0.6) is 0 Å². The van der Waals surface area contributed by atoms with Crippen molar-refractivity contribution in [2.75, 3.05) is 7.05 Å². The monoisotopic (exact) mass is 111 g/mol. The molecule has 1 nitrogen and oxygen atoms in total. The zero-order chi connectivity index (χ0) is 6.41. The van der Waals surface area contributed by atoms with Crippen LogP contribution in [0.15, 0.2) is 17.1 Å². The average molecular weight is 111 g/mol. The smallest absolute Gasteiger partial charge is 0.0310 e. The van der Waals surface area contributed by atoms with Gasteiger partial charge >= 0.3 is 0 Å². The third kappa shape index (κ3) is 3.59. The second-order valence-electron chi connectivity index (χ2n) is 1.68. The fraction of sp³-hybridized carbons (Fsp3) is 0.571. The Hall–Kier alpha value is -0.590. The molecule has 0 aliphatic heterocycles. The minimum Gasteiger partial charge on any atom is -0.293 e. The van der Waals surface area contributed by atoms with Crippen LogP contribution in [0.2, 0.25) is 0 Å². The lowest BCUT2D eigenvalue weighted by Gasteiger charge is -1.83. The minimum absolute atomic E-state index is 1.09. The number of allylic oxidation sites excluding steroid dienone is 2. The summed E-state index contributed by atoms with van der Waals surface area (Å²) < 4.78 is 0. The number of nitrogens with zero attached hydrogens (tertiary/aromatic N) is 1. The first-order chi connectivity index (χ1) is 3.81. The minimum atomic E-state index is 1.09. The van der Waals surface area contributed by atoms with Crippen LogP contribution in [-0.2, 0) is 0 Å². The number of rotatable bonds is 2. The van der Waals surface area contributed by atoms with Crippen LogP contribution in [0.4, 0.5) is 0 Å². The Balaban J connectivity index is 3.53. The summed E-state index contributed by atoms with van der Waals surface area (Å²) in [5.74, 6) is 0. The quantitative estimate of drug-likeness (QED) is 0.483. The van der Waals surface area contributed by atoms with Gasteiger partial charge in [0, 0.05) is 12.8 Å². The van der Waals surface area contributed by atoms with E-state index in [9.17, 15) is 0 Å². The van der Waals surface area contributed by atoms with Gasteiger partial charge in [0.05, 0.1) is 0 Å². The van der Waals surface area contributed by atoms with E-state index in [1.807, 2.05) is 13.0 Å². The van der Waals surface area contributed by atoms with Crippen molar-refractivity contribution in [3.63, 3.8) is 0 Å². The summed E-state index contributed by atoms with van der Waals surface area (Å²) in [6, 6.07) is 0. The second-order valence-corrected chi connectivity index (χ2v) is 1.68. The molecule has 0 aromatic heterocycles. The lowest BCUT2D eigenvalue weighted by atomic mass is 10.3. The summed E-state index contributed by atoms with van der Waals surface area (Å²) in [7, 11) is 1.80. The van der Waals surface area contributed by atoms with Gasteiger partial charge in [-0.2, -0.15) is 0 Å². The third-order valence-corrected chi connectivity index (χ3v) is 0.947. The molecular formula is C7H13N. The van der Waals surface area contributed by atoms with Crippen molar-refractivity contribution in [1.82, 2.24) is 0 Å². The van der Waals surface area contributed by atoms with Crippen molar-refractivity contribution in [2.45, 2.75) is 20.3 Å². The summed E-state index contributed by atoms with van der Waals surface area (Å²) in [6.07, 6.45) is 5.22. The highest BCUT2D eigenvalue weighted by molar-refractivity contribution is 5.92. The zero-order valence-electron chi connectivity index (χ0n) is 5.81. The van der Waals surface area contributed by atoms with E-state index in [0.29, 0.717) is 0 Å². The molecule has 0 aliphatic carbocycles. The van der Waals surface area contributed by atoms with Gasteiger partial charge in [-0.05, 0) is 19.4 Å². The van der Waals surface area contributed by atoms with E-state index in [1.54, 1.807) is 7.05 Å². The molecule has 0 heterocycles. The molecule has 0 amide bonds. The Morgan fingerprint density at radius 2 is 2.25 bits per heavy atom. The van der Waals surface area contributed by atoms with E-state index in [2.05, 4.69) is 18.0 Å². The molecule has 0 spiro atoms. The predicted molar refractivity (Wildman–Crippen MR) is 38.5 cm³/mol. The largest absolute Gasteiger partial charge is 0.293 e. The van der Waals surface area contributed by atoms with Crippen molar-refractivity contribution >= 4 is 5.71 Å². The number of aliphatic imine (C=N–C) groups is 1. The van der Waals surface area contributed by atoms with Crippen LogP contribution in [0.1, 0.15) is 20.3 Å². The topological polar surface area (TPSA) is 12.4 Å². The van der Waals surface area contributed by atoms with Crippen LogP contribution in [0.25, 0.3) is 0 Å². The number of hydrogen-bond donors (Lipinski definition) is 0. The molecular weight excluding hydrogens is 98.1 g/mol. The molecule has 0 saturated heterocycles. The van der Waals surface area contributed by atoms with Crippen molar-refractivity contribution in [2.24, 2.45) is 4.99 Å². The van der Waals surface area contributed by atoms with E-state index >= 15 is 0 Å². The maximum absolute atomic E-state index is 3.96. The van der Waals surface area contributed by atoms with Gasteiger partial charge in [-0.15, -0.1) is 0 Å². The average Bonchev–Trinajstić information content (AvgIpc) is 1.83. The second kappa shape index (κ2) is 4.57. The van der Waals surface area contributed by atoms with E-state index in [0.717, 1.165) is 12.1 Å². The molecule has 0 unspecified atom stereocenters. The van der Waals surface area contributed by atoms with Gasteiger partial charge in [-0.3, -0.25) is 4.99 Å². The van der Waals surface area contributed by atoms with Crippen molar-refractivity contribution < 1.29 is 0 Å². The van der Waals surface area contributed by atoms with Gasteiger partial charge in [0.25, 0.3) is 0 Å². The molecule has 0 bridgehead atoms. The molecule has 0 aliphatic rings. The van der Waals surface area contributed by atoms with Gasteiger partial charge in [0.15, 0.2) is 0 Å². The van der Waals surface area contributed by atoms with Crippen LogP contribution >= 0.6 is 0 Å². The molecule has 0 N–H and O–H groups in total. The lowest BCUT2D eigenvalue weighted by molar-refractivity contribution is 1.22. The highest BCUT2D eigenvalue weighted by Crippen LogP contribution is 1.81. The first kappa shape index (κ1) is 7.41. The fourth-order valence-corrected chi connectivity index (χ4v) is 0.363. The molecule has 0 fully saturated rings. The molecule has 1 heteroatoms. The van der Waals surface area contributed by atoms with E-state index in [1.165, 1.54) is 0 Å². The summed E-state index contributed by atoms with van der Waals surface area (Å²) in [5, 5.41) is 0. The van der Waals surface area contributed by atoms with E-state index in [-0.39, 0.29) is 0 Å². The SMILES string of the molecule is CC/C=C\C(C)=NC. The van der Waals surface area contributed by atoms with Gasteiger partial charge < -0.3 is 0 Å². The van der Waals surface area contributed by atoms with Gasteiger partial charge in [-0.1, -0.05) is 13.0 Å². The number of hydrogen-bond acceptors (Lipinski definition) is 1. The Morgan fingerprint density at radius 3 is 2.62 bits per heavy atom. The normalized spacial score (nSPS) is 13.1. The third-order valence-electron chi connectivity index (χ3n) is 0.947. The zero-order valence-corrected chi connectivity index (χ0v) is 5.81. The van der Waals surface area contributed by atoms with E-state index in [4.69, 9.17) is 0 Å². The summed E-state index contributed by atoms with van der Waals surface area (Å²) >= 11 is 0. The highest BCUT2D eigenvalue weighted by Gasteiger charge is 1.74. The fourth-order valence-electron chi connectivity index (χ4n) is 0.363. The Kier molecular flexibility index (Phi) is 4.23. The molecule has 0 saturated carbocycles. The highest BCUT2D eigenvalue weighted by atomic mass is 14.7. The Bertz CT molecular complexity index is 101. The summed E-state index contributed by atoms with van der Waals surface area (Å²) in [5.41, 5.74) is 1.09. The maximum Gasteiger partial charge on any atom is 0.0310 e. The van der Waals surface area contributed by atoms with Crippen LogP contribution < -0.4 is 0 Å². The molecule has 0 aromatic rings. The predicted octanol–water partition coefficient (Wildman–Crippen LogP) is 2.04. The van der Waals surface area contributed by atoms with Crippen LogP contribution in [-0.4, -0.2) is 12.8 Å². The lowest BCUT2D eigenvalue weighted by Crippen LogP contribution is -1.80. The standard InChI is InChI=1S/C7H13N/c1-4-5-6-7(2)8-3/h5-6H,4H2,1-3H3/b6-5-,8-7?. The maximum atomic E-state index is 3.96. The molecule has 8 heavy (non-hydrogen) atoms. The van der Waals surface area contributed by atoms with Crippen LogP contribution in [0.3, 0.4) is 0 Å². The first-order valence-corrected chi connectivity index (χ1v) is 2.91.